The molecule has 0 radical (unpaired) electrons. The molecule has 1 heterocycles. The standard InChI is InChI=1S/C13H16ClFN2O2/c1-2-10(6-9-7-18-13(16)17-9)19-12-4-3-8(14)5-11(12)15/h3-5,9-10H,2,6-7H2,1H3,(H2,16,17)/t9-,10?/m0/s1. The maximum absolute atomic E-state index is 13.6. The number of rotatable bonds is 5. The fourth-order valence-corrected chi connectivity index (χ4v) is 2.07. The van der Waals surface area contributed by atoms with Crippen LogP contribution in [0.5, 0.6) is 5.75 Å². The third kappa shape index (κ3) is 3.73. The van der Waals surface area contributed by atoms with E-state index in [2.05, 4.69) is 4.99 Å². The lowest BCUT2D eigenvalue weighted by molar-refractivity contribution is 0.162. The zero-order valence-corrected chi connectivity index (χ0v) is 11.4. The lowest BCUT2D eigenvalue weighted by Crippen LogP contribution is -2.23. The van der Waals surface area contributed by atoms with Crippen LogP contribution < -0.4 is 10.5 Å². The van der Waals surface area contributed by atoms with E-state index in [0.717, 1.165) is 6.42 Å². The van der Waals surface area contributed by atoms with Crippen molar-refractivity contribution in [2.45, 2.75) is 31.9 Å². The monoisotopic (exact) mass is 286 g/mol. The predicted molar refractivity (Wildman–Crippen MR) is 72.1 cm³/mol. The van der Waals surface area contributed by atoms with Gasteiger partial charge in [-0.05, 0) is 24.6 Å². The SMILES string of the molecule is CCC(C[C@H]1COC(N)=N1)Oc1ccc(Cl)cc1F. The molecule has 19 heavy (non-hydrogen) atoms. The number of halogens is 2. The molecule has 1 aliphatic heterocycles. The van der Waals surface area contributed by atoms with Crippen LogP contribution >= 0.6 is 11.6 Å². The Labute approximate surface area is 116 Å². The van der Waals surface area contributed by atoms with E-state index in [1.165, 1.54) is 12.1 Å². The summed E-state index contributed by atoms with van der Waals surface area (Å²) in [5.74, 6) is -0.260. The highest BCUT2D eigenvalue weighted by molar-refractivity contribution is 6.30. The van der Waals surface area contributed by atoms with Gasteiger partial charge >= 0.3 is 0 Å². The lowest BCUT2D eigenvalue weighted by atomic mass is 10.1. The highest BCUT2D eigenvalue weighted by Gasteiger charge is 2.22. The Bertz CT molecular complexity index is 482. The van der Waals surface area contributed by atoms with Crippen molar-refractivity contribution in [2.75, 3.05) is 6.61 Å². The van der Waals surface area contributed by atoms with Gasteiger partial charge in [0, 0.05) is 11.4 Å². The van der Waals surface area contributed by atoms with Crippen molar-refractivity contribution in [1.29, 1.82) is 0 Å². The Hall–Kier alpha value is -1.49. The maximum atomic E-state index is 13.6. The maximum Gasteiger partial charge on any atom is 0.282 e. The smallest absolute Gasteiger partial charge is 0.282 e. The lowest BCUT2D eigenvalue weighted by Gasteiger charge is -2.19. The molecule has 0 aliphatic carbocycles. The van der Waals surface area contributed by atoms with Crippen LogP contribution in [0.25, 0.3) is 0 Å². The largest absolute Gasteiger partial charge is 0.487 e. The van der Waals surface area contributed by atoms with Gasteiger partial charge in [0.2, 0.25) is 0 Å². The molecule has 2 N–H and O–H groups in total. The number of hydrogen-bond donors (Lipinski definition) is 1. The second-order valence-electron chi connectivity index (χ2n) is 4.39. The summed E-state index contributed by atoms with van der Waals surface area (Å²) in [6, 6.07) is 4.54. The van der Waals surface area contributed by atoms with Gasteiger partial charge in [0.25, 0.3) is 6.02 Å². The summed E-state index contributed by atoms with van der Waals surface area (Å²) in [7, 11) is 0. The third-order valence-corrected chi connectivity index (χ3v) is 3.15. The molecular formula is C13H16ClFN2O2. The van der Waals surface area contributed by atoms with Gasteiger partial charge in [-0.1, -0.05) is 18.5 Å². The summed E-state index contributed by atoms with van der Waals surface area (Å²) in [4.78, 5) is 4.13. The predicted octanol–water partition coefficient (Wildman–Crippen LogP) is 2.74. The Morgan fingerprint density at radius 3 is 3.00 bits per heavy atom. The first-order valence-electron chi connectivity index (χ1n) is 6.16. The number of nitrogens with two attached hydrogens (primary N) is 1. The Kier molecular flexibility index (Phi) is 4.47. The van der Waals surface area contributed by atoms with Crippen molar-refractivity contribution < 1.29 is 13.9 Å². The summed E-state index contributed by atoms with van der Waals surface area (Å²) in [5.41, 5.74) is 5.45. The van der Waals surface area contributed by atoms with E-state index in [1.54, 1.807) is 6.07 Å². The molecule has 2 atom stereocenters. The number of nitrogens with zero attached hydrogens (tertiary/aromatic N) is 1. The van der Waals surface area contributed by atoms with Crippen molar-refractivity contribution in [2.24, 2.45) is 10.7 Å². The summed E-state index contributed by atoms with van der Waals surface area (Å²) in [6.45, 7) is 2.43. The van der Waals surface area contributed by atoms with Crippen LogP contribution in [0, 0.1) is 5.82 Å². The molecule has 0 fully saturated rings. The quantitative estimate of drug-likeness (QED) is 0.905. The summed E-state index contributed by atoms with van der Waals surface area (Å²) in [5, 5.41) is 0.347. The second-order valence-corrected chi connectivity index (χ2v) is 4.83. The minimum Gasteiger partial charge on any atom is -0.487 e. The molecule has 0 saturated carbocycles. The van der Waals surface area contributed by atoms with Crippen LogP contribution in [0.3, 0.4) is 0 Å². The van der Waals surface area contributed by atoms with Crippen molar-refractivity contribution >= 4 is 17.6 Å². The molecule has 1 aliphatic rings. The molecule has 0 spiro atoms. The van der Waals surface area contributed by atoms with Crippen molar-refractivity contribution in [3.8, 4) is 5.75 Å². The molecule has 4 nitrogen and oxygen atoms in total. The van der Waals surface area contributed by atoms with Gasteiger partial charge in [-0.2, -0.15) is 0 Å². The molecule has 1 aromatic rings. The van der Waals surface area contributed by atoms with Gasteiger partial charge in [0.1, 0.15) is 12.7 Å². The molecular weight excluding hydrogens is 271 g/mol. The summed E-state index contributed by atoms with van der Waals surface area (Å²) >= 11 is 5.70. The first-order valence-corrected chi connectivity index (χ1v) is 6.54. The van der Waals surface area contributed by atoms with Crippen molar-refractivity contribution in [1.82, 2.24) is 0 Å². The fourth-order valence-electron chi connectivity index (χ4n) is 1.91. The van der Waals surface area contributed by atoms with Crippen LogP contribution in [0.2, 0.25) is 5.02 Å². The van der Waals surface area contributed by atoms with Crippen LogP contribution in [-0.2, 0) is 4.74 Å². The molecule has 1 unspecified atom stereocenters. The van der Waals surface area contributed by atoms with Gasteiger partial charge < -0.3 is 15.2 Å². The van der Waals surface area contributed by atoms with Crippen LogP contribution in [-0.4, -0.2) is 24.8 Å². The van der Waals surface area contributed by atoms with E-state index in [0.29, 0.717) is 18.1 Å². The summed E-state index contributed by atoms with van der Waals surface area (Å²) < 4.78 is 24.4. The van der Waals surface area contributed by atoms with E-state index in [9.17, 15) is 4.39 Å². The van der Waals surface area contributed by atoms with E-state index in [1.807, 2.05) is 6.92 Å². The Morgan fingerprint density at radius 2 is 2.42 bits per heavy atom. The molecule has 2 rings (SSSR count). The van der Waals surface area contributed by atoms with Crippen molar-refractivity contribution in [3.05, 3.63) is 29.0 Å². The normalized spacial score (nSPS) is 19.7. The van der Waals surface area contributed by atoms with Gasteiger partial charge in [0.15, 0.2) is 11.6 Å². The number of hydrogen-bond acceptors (Lipinski definition) is 4. The number of amidine groups is 1. The zero-order chi connectivity index (χ0) is 13.8. The van der Waals surface area contributed by atoms with E-state index in [4.69, 9.17) is 26.8 Å². The van der Waals surface area contributed by atoms with Gasteiger partial charge in [0.05, 0.1) is 6.04 Å². The highest BCUT2D eigenvalue weighted by Crippen LogP contribution is 2.24. The molecule has 104 valence electrons. The highest BCUT2D eigenvalue weighted by atomic mass is 35.5. The topological polar surface area (TPSA) is 56.8 Å². The second kappa shape index (κ2) is 6.10. The van der Waals surface area contributed by atoms with Gasteiger partial charge in [-0.15, -0.1) is 0 Å². The third-order valence-electron chi connectivity index (χ3n) is 2.91. The molecule has 0 amide bonds. The van der Waals surface area contributed by atoms with Crippen molar-refractivity contribution in [3.63, 3.8) is 0 Å². The van der Waals surface area contributed by atoms with E-state index >= 15 is 0 Å². The van der Waals surface area contributed by atoms with E-state index < -0.39 is 5.82 Å². The number of aliphatic imine (C=N–C) groups is 1. The molecule has 0 aromatic heterocycles. The minimum atomic E-state index is -0.461. The average molecular weight is 287 g/mol. The van der Waals surface area contributed by atoms with Crippen LogP contribution in [0.15, 0.2) is 23.2 Å². The minimum absolute atomic E-state index is 0.0275. The molecule has 0 bridgehead atoms. The van der Waals surface area contributed by atoms with Crippen LogP contribution in [0.4, 0.5) is 4.39 Å². The molecule has 6 heteroatoms. The van der Waals surface area contributed by atoms with E-state index in [-0.39, 0.29) is 23.9 Å². The van der Waals surface area contributed by atoms with Crippen LogP contribution in [0.1, 0.15) is 19.8 Å². The number of benzene rings is 1. The zero-order valence-electron chi connectivity index (χ0n) is 10.6. The van der Waals surface area contributed by atoms with Gasteiger partial charge in [-0.3, -0.25) is 0 Å². The molecule has 0 saturated heterocycles. The average Bonchev–Trinajstić information content (AvgIpc) is 2.77. The first kappa shape index (κ1) is 13.9. The fraction of sp³-hybridized carbons (Fsp3) is 0.462. The summed E-state index contributed by atoms with van der Waals surface area (Å²) in [6.07, 6.45) is 1.24. The first-order chi connectivity index (χ1) is 9.08. The number of ether oxygens (including phenoxy) is 2. The Morgan fingerprint density at radius 1 is 1.63 bits per heavy atom. The van der Waals surface area contributed by atoms with Gasteiger partial charge in [-0.25, -0.2) is 9.38 Å². The Balaban J connectivity index is 1.98. The molecule has 1 aromatic carbocycles.